The molecule has 182 valence electrons. The smallest absolute Gasteiger partial charge is 0.305 e. The van der Waals surface area contributed by atoms with Crippen molar-refractivity contribution in [1.29, 1.82) is 0 Å². The van der Waals surface area contributed by atoms with Gasteiger partial charge in [0.25, 0.3) is 10.1 Å². The van der Waals surface area contributed by atoms with E-state index in [4.69, 9.17) is 23.7 Å². The van der Waals surface area contributed by atoms with E-state index in [1.807, 2.05) is 0 Å². The molecular formula is C17H25NO13S. The van der Waals surface area contributed by atoms with E-state index in [0.717, 1.165) is 34.0 Å². The van der Waals surface area contributed by atoms with Gasteiger partial charge in [-0.3, -0.25) is 28.2 Å². The van der Waals surface area contributed by atoms with E-state index >= 15 is 0 Å². The molecule has 2 unspecified atom stereocenters. The molecule has 32 heavy (non-hydrogen) atoms. The SMILES string of the molecule is CC(=O)OCC1O[C@H](OC(C)=O)C(NC(=O)COS(C)(=O)=O)[C@@H](OC(C)=O)[C@@H]1OC(C)=O. The van der Waals surface area contributed by atoms with Gasteiger partial charge < -0.3 is 29.0 Å². The zero-order valence-electron chi connectivity index (χ0n) is 18.0. The summed E-state index contributed by atoms with van der Waals surface area (Å²) >= 11 is 0. The van der Waals surface area contributed by atoms with Gasteiger partial charge in [-0.25, -0.2) is 0 Å². The molecule has 0 aromatic heterocycles. The van der Waals surface area contributed by atoms with Gasteiger partial charge in [-0.2, -0.15) is 8.42 Å². The zero-order valence-corrected chi connectivity index (χ0v) is 18.8. The first kappa shape index (κ1) is 27.3. The van der Waals surface area contributed by atoms with Crippen molar-refractivity contribution in [1.82, 2.24) is 5.32 Å². The van der Waals surface area contributed by atoms with Crippen LogP contribution >= 0.6 is 0 Å². The van der Waals surface area contributed by atoms with Crippen molar-refractivity contribution >= 4 is 39.9 Å². The topological polar surface area (TPSA) is 187 Å². The van der Waals surface area contributed by atoms with Gasteiger partial charge in [0.15, 0.2) is 12.2 Å². The second kappa shape index (κ2) is 11.7. The lowest BCUT2D eigenvalue weighted by Gasteiger charge is -2.44. The quantitative estimate of drug-likeness (QED) is 0.219. The highest BCUT2D eigenvalue weighted by molar-refractivity contribution is 7.86. The summed E-state index contributed by atoms with van der Waals surface area (Å²) in [6.07, 6.45) is -4.99. The van der Waals surface area contributed by atoms with Crippen molar-refractivity contribution in [2.24, 2.45) is 0 Å². The van der Waals surface area contributed by atoms with Crippen LogP contribution in [-0.2, 0) is 62.0 Å². The normalized spacial score (nSPS) is 25.2. The van der Waals surface area contributed by atoms with Crippen molar-refractivity contribution in [2.75, 3.05) is 19.5 Å². The molecule has 0 bridgehead atoms. The molecule has 1 heterocycles. The van der Waals surface area contributed by atoms with Crippen LogP contribution in [0.25, 0.3) is 0 Å². The number of hydrogen-bond acceptors (Lipinski definition) is 13. The third-order valence-corrected chi connectivity index (χ3v) is 4.26. The first-order valence-corrected chi connectivity index (χ1v) is 11.0. The van der Waals surface area contributed by atoms with E-state index < -0.39 is 83.8 Å². The van der Waals surface area contributed by atoms with Gasteiger partial charge in [-0.05, 0) is 0 Å². The highest BCUT2D eigenvalue weighted by Gasteiger charge is 2.52. The summed E-state index contributed by atoms with van der Waals surface area (Å²) in [5.41, 5.74) is 0. The number of rotatable bonds is 9. The molecule has 1 aliphatic heterocycles. The van der Waals surface area contributed by atoms with Gasteiger partial charge in [0.1, 0.15) is 25.4 Å². The zero-order chi connectivity index (χ0) is 24.6. The Labute approximate surface area is 183 Å². The average molecular weight is 483 g/mol. The Morgan fingerprint density at radius 2 is 1.38 bits per heavy atom. The minimum Gasteiger partial charge on any atom is -0.463 e. The van der Waals surface area contributed by atoms with Crippen molar-refractivity contribution < 1.29 is 60.3 Å². The van der Waals surface area contributed by atoms with E-state index in [1.54, 1.807) is 0 Å². The molecule has 1 rings (SSSR count). The fourth-order valence-electron chi connectivity index (χ4n) is 2.71. The second-order valence-electron chi connectivity index (χ2n) is 6.66. The van der Waals surface area contributed by atoms with Gasteiger partial charge in [-0.15, -0.1) is 0 Å². The van der Waals surface area contributed by atoms with Crippen LogP contribution < -0.4 is 5.32 Å². The number of amides is 1. The number of nitrogens with one attached hydrogen (secondary N) is 1. The van der Waals surface area contributed by atoms with Crippen LogP contribution in [0, 0.1) is 0 Å². The first-order chi connectivity index (χ1) is 14.7. The fourth-order valence-corrected chi connectivity index (χ4v) is 3.03. The van der Waals surface area contributed by atoms with Crippen LogP contribution in [0.2, 0.25) is 0 Å². The molecule has 0 spiro atoms. The van der Waals surface area contributed by atoms with Gasteiger partial charge in [0.05, 0.1) is 6.26 Å². The minimum absolute atomic E-state index is 0.472. The van der Waals surface area contributed by atoms with E-state index in [0.29, 0.717) is 0 Å². The minimum atomic E-state index is -3.96. The third-order valence-electron chi connectivity index (χ3n) is 3.72. The van der Waals surface area contributed by atoms with Crippen molar-refractivity contribution in [2.45, 2.75) is 58.3 Å². The van der Waals surface area contributed by atoms with Crippen LogP contribution in [-0.4, -0.2) is 88.3 Å². The molecule has 0 aromatic rings. The lowest BCUT2D eigenvalue weighted by atomic mass is 9.96. The maximum Gasteiger partial charge on any atom is 0.305 e. The summed E-state index contributed by atoms with van der Waals surface area (Å²) in [5.74, 6) is -4.22. The van der Waals surface area contributed by atoms with Gasteiger partial charge in [-0.1, -0.05) is 0 Å². The molecule has 0 radical (unpaired) electrons. The fraction of sp³-hybridized carbons (Fsp3) is 0.706. The summed E-state index contributed by atoms with van der Waals surface area (Å²) in [6, 6.07) is -1.45. The number of hydrogen-bond donors (Lipinski definition) is 1. The molecule has 1 saturated heterocycles. The van der Waals surface area contributed by atoms with E-state index in [9.17, 15) is 32.4 Å². The standard InChI is InChI=1S/C17H25NO13S/c1-8(19)26-6-12-15(28-9(2)20)16(29-10(3)21)14(17(31-12)30-11(4)22)18-13(23)7-27-32(5,24)25/h12,14-17H,6-7H2,1-5H3,(H,18,23)/t12?,14?,15-,16-,17+/m1/s1. The molecule has 1 amide bonds. The van der Waals surface area contributed by atoms with Crippen LogP contribution in [0.1, 0.15) is 27.7 Å². The summed E-state index contributed by atoms with van der Waals surface area (Å²) in [6.45, 7) is 2.83. The van der Waals surface area contributed by atoms with Crippen molar-refractivity contribution in [3.05, 3.63) is 0 Å². The number of carbonyl (C=O) groups excluding carboxylic acids is 5. The van der Waals surface area contributed by atoms with E-state index in [-0.39, 0.29) is 0 Å². The third kappa shape index (κ3) is 9.57. The Morgan fingerprint density at radius 3 is 1.84 bits per heavy atom. The predicted molar refractivity (Wildman–Crippen MR) is 101 cm³/mol. The van der Waals surface area contributed by atoms with E-state index in [2.05, 4.69) is 9.50 Å². The lowest BCUT2D eigenvalue weighted by Crippen LogP contribution is -2.67. The maximum absolute atomic E-state index is 12.2. The Bertz CT molecular complexity index is 839. The molecule has 1 fully saturated rings. The lowest BCUT2D eigenvalue weighted by molar-refractivity contribution is -0.271. The summed E-state index contributed by atoms with van der Waals surface area (Å²) in [4.78, 5) is 58.4. The number of ether oxygens (including phenoxy) is 5. The Kier molecular flexibility index (Phi) is 9.99. The Hall–Kier alpha value is -2.78. The Morgan fingerprint density at radius 1 is 0.844 bits per heavy atom. The second-order valence-corrected chi connectivity index (χ2v) is 8.31. The first-order valence-electron chi connectivity index (χ1n) is 9.14. The Balaban J connectivity index is 3.31. The van der Waals surface area contributed by atoms with Crippen molar-refractivity contribution in [3.8, 4) is 0 Å². The van der Waals surface area contributed by atoms with Crippen LogP contribution in [0.3, 0.4) is 0 Å². The number of esters is 4. The highest BCUT2D eigenvalue weighted by Crippen LogP contribution is 2.28. The monoisotopic (exact) mass is 483 g/mol. The van der Waals surface area contributed by atoms with E-state index in [1.165, 1.54) is 0 Å². The molecule has 1 aliphatic rings. The molecule has 15 heteroatoms. The molecule has 5 atom stereocenters. The molecular weight excluding hydrogens is 458 g/mol. The highest BCUT2D eigenvalue weighted by atomic mass is 32.2. The molecule has 0 aromatic carbocycles. The summed E-state index contributed by atoms with van der Waals surface area (Å²) < 4.78 is 52.5. The largest absolute Gasteiger partial charge is 0.463 e. The predicted octanol–water partition coefficient (Wildman–Crippen LogP) is -1.84. The van der Waals surface area contributed by atoms with Gasteiger partial charge >= 0.3 is 23.9 Å². The summed E-state index contributed by atoms with van der Waals surface area (Å²) in [5, 5.41) is 2.28. The average Bonchev–Trinajstić information content (AvgIpc) is 2.61. The molecule has 1 N–H and O–H groups in total. The van der Waals surface area contributed by atoms with Gasteiger partial charge in [0, 0.05) is 27.7 Å². The molecule has 0 aliphatic carbocycles. The van der Waals surface area contributed by atoms with Crippen molar-refractivity contribution in [3.63, 3.8) is 0 Å². The number of carbonyl (C=O) groups is 5. The summed E-state index contributed by atoms with van der Waals surface area (Å²) in [7, 11) is -3.96. The van der Waals surface area contributed by atoms with Crippen LogP contribution in [0.4, 0.5) is 0 Å². The maximum atomic E-state index is 12.2. The molecule has 14 nitrogen and oxygen atoms in total. The van der Waals surface area contributed by atoms with Crippen LogP contribution in [0.15, 0.2) is 0 Å². The van der Waals surface area contributed by atoms with Crippen LogP contribution in [0.5, 0.6) is 0 Å². The molecule has 0 saturated carbocycles. The van der Waals surface area contributed by atoms with Gasteiger partial charge in [0.2, 0.25) is 12.2 Å².